The monoisotopic (exact) mass is 283 g/mol. The normalized spacial score (nSPS) is 17.2. The fraction of sp³-hybridized carbons (Fsp3) is 0.500. The molecule has 1 aromatic rings. The van der Waals surface area contributed by atoms with Crippen molar-refractivity contribution >= 4 is 21.9 Å². The van der Waals surface area contributed by atoms with Gasteiger partial charge in [-0.15, -0.1) is 0 Å². The molecule has 4 heteroatoms. The minimum absolute atomic E-state index is 0.00227. The van der Waals surface area contributed by atoms with Gasteiger partial charge in [-0.1, -0.05) is 29.8 Å². The number of rotatable bonds is 2. The molecule has 0 bridgehead atoms. The zero-order valence-corrected chi connectivity index (χ0v) is 11.0. The lowest BCUT2D eigenvalue weighted by atomic mass is 9.90. The predicted octanol–water partition coefficient (Wildman–Crippen LogP) is 2.90. The Labute approximate surface area is 103 Å². The van der Waals surface area contributed by atoms with E-state index >= 15 is 0 Å². The van der Waals surface area contributed by atoms with Crippen LogP contribution in [0.1, 0.15) is 47.6 Å². The number of carboxylic acid groups (broad SMARTS) is 1. The van der Waals surface area contributed by atoms with Crippen LogP contribution < -0.4 is 0 Å². The quantitative estimate of drug-likeness (QED) is 0.849. The molecule has 1 aliphatic rings. The second kappa shape index (κ2) is 3.84. The first-order chi connectivity index (χ1) is 7.45. The van der Waals surface area contributed by atoms with Crippen LogP contribution in [0.5, 0.6) is 0 Å². The van der Waals surface area contributed by atoms with Gasteiger partial charge < -0.3 is 5.11 Å². The van der Waals surface area contributed by atoms with Gasteiger partial charge in [0.05, 0.1) is 5.69 Å². The number of pyridine rings is 1. The molecule has 1 N–H and O–H groups in total. The van der Waals surface area contributed by atoms with Gasteiger partial charge in [0.1, 0.15) is 5.69 Å². The van der Waals surface area contributed by atoms with E-state index in [4.69, 9.17) is 5.11 Å². The van der Waals surface area contributed by atoms with E-state index in [0.717, 1.165) is 24.1 Å². The molecule has 0 radical (unpaired) electrons. The van der Waals surface area contributed by atoms with Crippen LogP contribution >= 0.6 is 15.9 Å². The van der Waals surface area contributed by atoms with Crippen LogP contribution in [0.15, 0.2) is 6.07 Å². The van der Waals surface area contributed by atoms with E-state index in [-0.39, 0.29) is 11.1 Å². The third-order valence-corrected chi connectivity index (χ3v) is 3.82. The van der Waals surface area contributed by atoms with E-state index in [9.17, 15) is 4.79 Å². The maximum Gasteiger partial charge on any atom is 0.354 e. The Kier molecular flexibility index (Phi) is 2.78. The molecule has 1 aromatic heterocycles. The fourth-order valence-electron chi connectivity index (χ4n) is 2.25. The van der Waals surface area contributed by atoms with Crippen LogP contribution in [-0.4, -0.2) is 16.1 Å². The Bertz CT molecular complexity index is 455. The third kappa shape index (κ3) is 1.75. The zero-order chi connectivity index (χ0) is 11.9. The summed E-state index contributed by atoms with van der Waals surface area (Å²) in [6.07, 6.45) is 2.04. The van der Waals surface area contributed by atoms with E-state index in [1.165, 1.54) is 5.56 Å². The molecule has 0 aliphatic heterocycles. The number of carbonyl (C=O) groups is 1. The molecule has 0 saturated heterocycles. The molecule has 0 saturated carbocycles. The molecule has 3 nitrogen and oxygen atoms in total. The van der Waals surface area contributed by atoms with Gasteiger partial charge >= 0.3 is 5.97 Å². The Morgan fingerprint density at radius 1 is 1.62 bits per heavy atom. The fourth-order valence-corrected chi connectivity index (χ4v) is 2.75. The van der Waals surface area contributed by atoms with E-state index in [1.54, 1.807) is 6.07 Å². The summed E-state index contributed by atoms with van der Waals surface area (Å²) in [5.74, 6) is -0.951. The van der Waals surface area contributed by atoms with Crippen molar-refractivity contribution in [2.24, 2.45) is 0 Å². The number of hydrogen-bond donors (Lipinski definition) is 1. The second-order valence-electron chi connectivity index (χ2n) is 4.82. The van der Waals surface area contributed by atoms with E-state index in [0.29, 0.717) is 5.33 Å². The highest BCUT2D eigenvalue weighted by Crippen LogP contribution is 2.39. The molecule has 1 aliphatic carbocycles. The van der Waals surface area contributed by atoms with Crippen LogP contribution in [0.3, 0.4) is 0 Å². The first-order valence-corrected chi connectivity index (χ1v) is 6.40. The van der Waals surface area contributed by atoms with Gasteiger partial charge in [0.2, 0.25) is 0 Å². The van der Waals surface area contributed by atoms with Crippen LogP contribution in [-0.2, 0) is 17.2 Å². The zero-order valence-electron chi connectivity index (χ0n) is 9.38. The van der Waals surface area contributed by atoms with Crippen molar-refractivity contribution in [3.05, 3.63) is 28.6 Å². The average Bonchev–Trinajstić information content (AvgIpc) is 2.54. The molecular weight excluding hydrogens is 270 g/mol. The molecule has 16 heavy (non-hydrogen) atoms. The summed E-state index contributed by atoms with van der Waals surface area (Å²) >= 11 is 3.41. The predicted molar refractivity (Wildman–Crippen MR) is 65.2 cm³/mol. The van der Waals surface area contributed by atoms with Crippen LogP contribution in [0.4, 0.5) is 0 Å². The first kappa shape index (κ1) is 11.6. The molecule has 86 valence electrons. The van der Waals surface area contributed by atoms with Crippen molar-refractivity contribution in [2.45, 2.75) is 37.4 Å². The van der Waals surface area contributed by atoms with Crippen molar-refractivity contribution in [1.29, 1.82) is 0 Å². The summed E-state index contributed by atoms with van der Waals surface area (Å²) in [5.41, 5.74) is 3.41. The molecule has 0 unspecified atom stereocenters. The minimum atomic E-state index is -0.951. The van der Waals surface area contributed by atoms with Crippen molar-refractivity contribution in [3.63, 3.8) is 0 Å². The van der Waals surface area contributed by atoms with E-state index in [2.05, 4.69) is 34.8 Å². The Hall–Kier alpha value is -0.900. The smallest absolute Gasteiger partial charge is 0.354 e. The Morgan fingerprint density at radius 2 is 2.31 bits per heavy atom. The van der Waals surface area contributed by atoms with E-state index < -0.39 is 5.97 Å². The van der Waals surface area contributed by atoms with Crippen LogP contribution in [0.2, 0.25) is 0 Å². The minimum Gasteiger partial charge on any atom is -0.477 e. The van der Waals surface area contributed by atoms with Gasteiger partial charge in [-0.05, 0) is 30.0 Å². The summed E-state index contributed by atoms with van der Waals surface area (Å²) < 4.78 is 0. The summed E-state index contributed by atoms with van der Waals surface area (Å²) in [4.78, 5) is 15.3. The average molecular weight is 284 g/mol. The van der Waals surface area contributed by atoms with Crippen LogP contribution in [0.25, 0.3) is 0 Å². The highest BCUT2D eigenvalue weighted by molar-refractivity contribution is 9.08. The second-order valence-corrected chi connectivity index (χ2v) is 5.38. The topological polar surface area (TPSA) is 50.2 Å². The van der Waals surface area contributed by atoms with Crippen molar-refractivity contribution in [1.82, 2.24) is 4.98 Å². The highest BCUT2D eigenvalue weighted by atomic mass is 79.9. The number of carboxylic acids is 1. The number of hydrogen-bond acceptors (Lipinski definition) is 2. The highest BCUT2D eigenvalue weighted by Gasteiger charge is 2.33. The van der Waals surface area contributed by atoms with E-state index in [1.807, 2.05) is 0 Å². The van der Waals surface area contributed by atoms with Crippen molar-refractivity contribution in [2.75, 3.05) is 0 Å². The summed E-state index contributed by atoms with van der Waals surface area (Å²) in [5, 5.41) is 9.72. The van der Waals surface area contributed by atoms with Crippen molar-refractivity contribution in [3.8, 4) is 0 Å². The van der Waals surface area contributed by atoms with Gasteiger partial charge in [0.25, 0.3) is 0 Å². The summed E-state index contributed by atoms with van der Waals surface area (Å²) in [6, 6.07) is 1.68. The SMILES string of the molecule is CC1(C)CCc2c(CBr)cc(C(=O)O)nc21. The summed E-state index contributed by atoms with van der Waals surface area (Å²) in [7, 11) is 0. The maximum atomic E-state index is 11.0. The van der Waals surface area contributed by atoms with Gasteiger partial charge in [0.15, 0.2) is 0 Å². The Balaban J connectivity index is 2.64. The van der Waals surface area contributed by atoms with Gasteiger partial charge in [-0.3, -0.25) is 0 Å². The molecule has 2 rings (SSSR count). The number of nitrogens with zero attached hydrogens (tertiary/aromatic N) is 1. The molecule has 0 aromatic carbocycles. The lowest BCUT2D eigenvalue weighted by molar-refractivity contribution is 0.0690. The molecule has 1 heterocycles. The lowest BCUT2D eigenvalue weighted by Gasteiger charge is -2.18. The van der Waals surface area contributed by atoms with Gasteiger partial charge in [0, 0.05) is 10.7 Å². The summed E-state index contributed by atoms with van der Waals surface area (Å²) in [6.45, 7) is 4.24. The maximum absolute atomic E-state index is 11.0. The lowest BCUT2D eigenvalue weighted by Crippen LogP contribution is -2.16. The van der Waals surface area contributed by atoms with Gasteiger partial charge in [-0.25, -0.2) is 9.78 Å². The van der Waals surface area contributed by atoms with Crippen molar-refractivity contribution < 1.29 is 9.90 Å². The molecule has 0 fully saturated rings. The number of halogens is 1. The molecular formula is C12H14BrNO2. The number of alkyl halides is 1. The molecule has 0 atom stereocenters. The molecule has 0 spiro atoms. The number of aromatic nitrogens is 1. The largest absolute Gasteiger partial charge is 0.477 e. The van der Waals surface area contributed by atoms with Crippen LogP contribution in [0, 0.1) is 0 Å². The standard InChI is InChI=1S/C12H14BrNO2/c1-12(2)4-3-8-7(6-13)5-9(11(15)16)14-10(8)12/h5H,3-4,6H2,1-2H3,(H,15,16). The Morgan fingerprint density at radius 3 is 2.88 bits per heavy atom. The third-order valence-electron chi connectivity index (χ3n) is 3.22. The number of fused-ring (bicyclic) bond motifs is 1. The number of aromatic carboxylic acids is 1. The van der Waals surface area contributed by atoms with Gasteiger partial charge in [-0.2, -0.15) is 0 Å². The molecule has 0 amide bonds. The first-order valence-electron chi connectivity index (χ1n) is 5.28.